The molecule has 1 aromatic rings. The van der Waals surface area contributed by atoms with Crippen LogP contribution in [0, 0.1) is 0 Å². The van der Waals surface area contributed by atoms with Gasteiger partial charge < -0.3 is 10.6 Å². The van der Waals surface area contributed by atoms with E-state index in [4.69, 9.17) is 0 Å². The van der Waals surface area contributed by atoms with Crippen LogP contribution in [-0.4, -0.2) is 19.5 Å². The Bertz CT molecular complexity index is 431. The molecule has 3 nitrogen and oxygen atoms in total. The van der Waals surface area contributed by atoms with Crippen LogP contribution in [0.3, 0.4) is 0 Å². The van der Waals surface area contributed by atoms with E-state index in [0.29, 0.717) is 0 Å². The Kier molecular flexibility index (Phi) is 11.0. The molecule has 1 rings (SSSR count). The Labute approximate surface area is 142 Å². The number of rotatable bonds is 13. The molecule has 0 aliphatic heterocycles. The predicted octanol–water partition coefficient (Wildman–Crippen LogP) is 5.38. The molecule has 0 bridgehead atoms. The van der Waals surface area contributed by atoms with E-state index in [1.807, 2.05) is 31.3 Å². The van der Waals surface area contributed by atoms with Gasteiger partial charge in [-0.3, -0.25) is 4.79 Å². The van der Waals surface area contributed by atoms with E-state index in [2.05, 4.69) is 17.6 Å². The fourth-order valence-corrected chi connectivity index (χ4v) is 2.81. The van der Waals surface area contributed by atoms with Crippen LogP contribution in [-0.2, 0) is 0 Å². The largest absolute Gasteiger partial charge is 0.387 e. The van der Waals surface area contributed by atoms with Gasteiger partial charge in [-0.05, 0) is 18.6 Å². The molecule has 0 aliphatic carbocycles. The number of carbonyl (C=O) groups excluding carboxylic acids is 1. The van der Waals surface area contributed by atoms with Gasteiger partial charge in [-0.1, -0.05) is 76.8 Å². The zero-order chi connectivity index (χ0) is 16.8. The lowest BCUT2D eigenvalue weighted by Crippen LogP contribution is -2.25. The first-order valence-electron chi connectivity index (χ1n) is 9.34. The number of anilines is 1. The molecule has 0 saturated heterocycles. The van der Waals surface area contributed by atoms with Gasteiger partial charge in [0.15, 0.2) is 0 Å². The minimum atomic E-state index is 0.0193. The maximum atomic E-state index is 12.1. The molecule has 0 radical (unpaired) electrons. The normalized spacial score (nSPS) is 10.5. The van der Waals surface area contributed by atoms with Crippen molar-refractivity contribution in [2.24, 2.45) is 0 Å². The third kappa shape index (κ3) is 8.63. The van der Waals surface area contributed by atoms with Crippen molar-refractivity contribution in [1.29, 1.82) is 0 Å². The van der Waals surface area contributed by atoms with Crippen LogP contribution < -0.4 is 10.6 Å². The second-order valence-corrected chi connectivity index (χ2v) is 6.23. The Balaban J connectivity index is 2.01. The molecule has 0 fully saturated rings. The monoisotopic (exact) mass is 318 g/mol. The van der Waals surface area contributed by atoms with Crippen LogP contribution >= 0.6 is 0 Å². The summed E-state index contributed by atoms with van der Waals surface area (Å²) in [4.78, 5) is 12.1. The summed E-state index contributed by atoms with van der Waals surface area (Å²) in [7, 11) is 1.84. The summed E-state index contributed by atoms with van der Waals surface area (Å²) in [5, 5.41) is 6.08. The van der Waals surface area contributed by atoms with E-state index < -0.39 is 0 Å². The van der Waals surface area contributed by atoms with E-state index in [-0.39, 0.29) is 5.91 Å². The quantitative estimate of drug-likeness (QED) is 0.479. The minimum absolute atomic E-state index is 0.0193. The summed E-state index contributed by atoms with van der Waals surface area (Å²) in [6, 6.07) is 7.62. The van der Waals surface area contributed by atoms with Gasteiger partial charge in [0.1, 0.15) is 0 Å². The number of para-hydroxylation sites is 1. The molecule has 0 spiro atoms. The van der Waals surface area contributed by atoms with Crippen LogP contribution in [0.2, 0.25) is 0 Å². The zero-order valence-electron chi connectivity index (χ0n) is 15.0. The molecule has 23 heavy (non-hydrogen) atoms. The number of amides is 1. The molecule has 3 heteroatoms. The maximum Gasteiger partial charge on any atom is 0.253 e. The van der Waals surface area contributed by atoms with Crippen LogP contribution in [0.4, 0.5) is 5.69 Å². The zero-order valence-corrected chi connectivity index (χ0v) is 15.0. The van der Waals surface area contributed by atoms with E-state index in [9.17, 15) is 4.79 Å². The molecule has 1 aromatic carbocycles. The molecular weight excluding hydrogens is 284 g/mol. The van der Waals surface area contributed by atoms with Crippen molar-refractivity contribution in [2.75, 3.05) is 18.9 Å². The molecule has 0 aliphatic rings. The Morgan fingerprint density at radius 3 is 2.04 bits per heavy atom. The maximum absolute atomic E-state index is 12.1. The number of unbranched alkanes of at least 4 members (excludes halogenated alkanes) is 9. The van der Waals surface area contributed by atoms with Crippen molar-refractivity contribution >= 4 is 11.6 Å². The van der Waals surface area contributed by atoms with Gasteiger partial charge in [0.2, 0.25) is 0 Å². The van der Waals surface area contributed by atoms with Gasteiger partial charge in [0.25, 0.3) is 5.91 Å². The summed E-state index contributed by atoms with van der Waals surface area (Å²) in [6.45, 7) is 3.03. The number of hydrogen-bond donors (Lipinski definition) is 2. The molecule has 2 N–H and O–H groups in total. The third-order valence-electron chi connectivity index (χ3n) is 4.26. The van der Waals surface area contributed by atoms with Gasteiger partial charge in [-0.15, -0.1) is 0 Å². The van der Waals surface area contributed by atoms with Crippen LogP contribution in [0.1, 0.15) is 81.5 Å². The van der Waals surface area contributed by atoms with E-state index in [1.165, 1.54) is 57.8 Å². The molecule has 0 unspecified atom stereocenters. The molecule has 0 heterocycles. The van der Waals surface area contributed by atoms with Gasteiger partial charge in [-0.2, -0.15) is 0 Å². The van der Waals surface area contributed by atoms with Crippen molar-refractivity contribution in [1.82, 2.24) is 5.32 Å². The van der Waals surface area contributed by atoms with Gasteiger partial charge >= 0.3 is 0 Å². The molecule has 1 amide bonds. The lowest BCUT2D eigenvalue weighted by molar-refractivity contribution is 0.0953. The first-order chi connectivity index (χ1) is 11.3. The molecule has 0 aromatic heterocycles. The smallest absolute Gasteiger partial charge is 0.253 e. The predicted molar refractivity (Wildman–Crippen MR) is 100 cm³/mol. The first kappa shape index (κ1) is 19.5. The van der Waals surface area contributed by atoms with Crippen LogP contribution in [0.25, 0.3) is 0 Å². The summed E-state index contributed by atoms with van der Waals surface area (Å²) >= 11 is 0. The van der Waals surface area contributed by atoms with Crippen molar-refractivity contribution < 1.29 is 4.79 Å². The average molecular weight is 319 g/mol. The Hall–Kier alpha value is -1.51. The second kappa shape index (κ2) is 13.0. The Morgan fingerprint density at radius 1 is 0.870 bits per heavy atom. The highest BCUT2D eigenvalue weighted by Crippen LogP contribution is 2.14. The summed E-state index contributed by atoms with van der Waals surface area (Å²) in [5.41, 5.74) is 1.61. The Morgan fingerprint density at radius 2 is 1.43 bits per heavy atom. The fourth-order valence-electron chi connectivity index (χ4n) is 2.81. The second-order valence-electron chi connectivity index (χ2n) is 6.23. The number of benzene rings is 1. The van der Waals surface area contributed by atoms with Crippen LogP contribution in [0.5, 0.6) is 0 Å². The molecular formula is C20H34N2O. The minimum Gasteiger partial charge on any atom is -0.387 e. The standard InChI is InChI=1S/C20H34N2O/c1-3-4-5-6-7-8-9-10-11-14-17-22-20(23)18-15-12-13-16-19(18)21-2/h12-13,15-16,21H,3-11,14,17H2,1-2H3,(H,22,23). The number of hydrogen-bond acceptors (Lipinski definition) is 2. The molecule has 130 valence electrons. The molecule has 0 saturated carbocycles. The van der Waals surface area contributed by atoms with Crippen molar-refractivity contribution in [2.45, 2.75) is 71.1 Å². The lowest BCUT2D eigenvalue weighted by atomic mass is 10.1. The summed E-state index contributed by atoms with van der Waals surface area (Å²) < 4.78 is 0. The highest BCUT2D eigenvalue weighted by atomic mass is 16.1. The van der Waals surface area contributed by atoms with Gasteiger partial charge in [0, 0.05) is 19.3 Å². The lowest BCUT2D eigenvalue weighted by Gasteiger charge is -2.09. The van der Waals surface area contributed by atoms with Gasteiger partial charge in [0.05, 0.1) is 5.56 Å². The third-order valence-corrected chi connectivity index (χ3v) is 4.26. The number of nitrogens with one attached hydrogen (secondary N) is 2. The van der Waals surface area contributed by atoms with E-state index >= 15 is 0 Å². The average Bonchev–Trinajstić information content (AvgIpc) is 2.59. The topological polar surface area (TPSA) is 41.1 Å². The van der Waals surface area contributed by atoms with Crippen LogP contribution in [0.15, 0.2) is 24.3 Å². The van der Waals surface area contributed by atoms with Crippen molar-refractivity contribution in [3.63, 3.8) is 0 Å². The van der Waals surface area contributed by atoms with Crippen molar-refractivity contribution in [3.8, 4) is 0 Å². The van der Waals surface area contributed by atoms with Gasteiger partial charge in [-0.25, -0.2) is 0 Å². The first-order valence-corrected chi connectivity index (χ1v) is 9.34. The molecule has 0 atom stereocenters. The number of carbonyl (C=O) groups is 1. The summed E-state index contributed by atoms with van der Waals surface area (Å²) in [6.07, 6.45) is 13.2. The highest BCUT2D eigenvalue weighted by Gasteiger charge is 2.08. The fraction of sp³-hybridized carbons (Fsp3) is 0.650. The van der Waals surface area contributed by atoms with Crippen molar-refractivity contribution in [3.05, 3.63) is 29.8 Å². The highest BCUT2D eigenvalue weighted by molar-refractivity contribution is 5.99. The van der Waals surface area contributed by atoms with E-state index in [0.717, 1.165) is 24.2 Å². The van der Waals surface area contributed by atoms with E-state index in [1.54, 1.807) is 0 Å². The SMILES string of the molecule is CCCCCCCCCCCCNC(=O)c1ccccc1NC. The summed E-state index contributed by atoms with van der Waals surface area (Å²) in [5.74, 6) is 0.0193.